The van der Waals surface area contributed by atoms with Gasteiger partial charge in [-0.05, 0) is 49.7 Å². The fraction of sp³-hybridized carbons (Fsp3) is 0.238. The fourth-order valence-electron chi connectivity index (χ4n) is 3.43. The minimum Gasteiger partial charge on any atom is -0.334 e. The summed E-state index contributed by atoms with van der Waals surface area (Å²) in [5, 5.41) is 13.0. The largest absolute Gasteiger partial charge is 0.334 e. The molecule has 1 saturated heterocycles. The van der Waals surface area contributed by atoms with Crippen LogP contribution in [0.4, 0.5) is 5.69 Å². The van der Waals surface area contributed by atoms with Crippen molar-refractivity contribution in [1.29, 1.82) is 5.26 Å². The Kier molecular flexibility index (Phi) is 4.21. The van der Waals surface area contributed by atoms with Crippen LogP contribution in [0, 0.1) is 25.2 Å². The molecule has 1 aliphatic heterocycles. The minimum atomic E-state index is -0.103. The smallest absolute Gasteiger partial charge is 0.257 e. The molecule has 1 unspecified atom stereocenters. The lowest BCUT2D eigenvalue weighted by Gasteiger charge is -2.19. The molecule has 3 aromatic rings. The maximum atomic E-state index is 12.6. The van der Waals surface area contributed by atoms with Crippen molar-refractivity contribution in [3.8, 4) is 17.5 Å². The quantitative estimate of drug-likeness (QED) is 0.712. The molecule has 0 radical (unpaired) electrons. The molecule has 2 heterocycles. The normalized spacial score (nSPS) is 16.6. The maximum Gasteiger partial charge on any atom is 0.257 e. The van der Waals surface area contributed by atoms with Gasteiger partial charge in [0.15, 0.2) is 5.82 Å². The van der Waals surface area contributed by atoms with Gasteiger partial charge < -0.3 is 9.42 Å². The molecule has 0 saturated carbocycles. The van der Waals surface area contributed by atoms with Crippen molar-refractivity contribution < 1.29 is 9.32 Å². The van der Waals surface area contributed by atoms with Crippen molar-refractivity contribution in [3.63, 3.8) is 0 Å². The van der Waals surface area contributed by atoms with Crippen molar-refractivity contribution in [2.45, 2.75) is 26.2 Å². The summed E-state index contributed by atoms with van der Waals surface area (Å²) >= 11 is 0. The molecular weight excluding hydrogens is 340 g/mol. The summed E-state index contributed by atoms with van der Waals surface area (Å²) in [7, 11) is 0. The monoisotopic (exact) mass is 358 g/mol. The summed E-state index contributed by atoms with van der Waals surface area (Å²) in [6.45, 7) is 4.59. The molecule has 0 bridgehead atoms. The van der Waals surface area contributed by atoms with Crippen molar-refractivity contribution >= 4 is 11.6 Å². The van der Waals surface area contributed by atoms with Gasteiger partial charge >= 0.3 is 0 Å². The molecule has 0 N–H and O–H groups in total. The lowest BCUT2D eigenvalue weighted by molar-refractivity contribution is -0.117. The predicted octanol–water partition coefficient (Wildman–Crippen LogP) is 3.75. The Bertz CT molecular complexity index is 1050. The van der Waals surface area contributed by atoms with Crippen LogP contribution < -0.4 is 4.90 Å². The number of carbonyl (C=O) groups is 1. The van der Waals surface area contributed by atoms with E-state index in [1.54, 1.807) is 29.2 Å². The fourth-order valence-corrected chi connectivity index (χ4v) is 3.43. The van der Waals surface area contributed by atoms with Crippen molar-refractivity contribution in [2.75, 3.05) is 11.4 Å². The third-order valence-electron chi connectivity index (χ3n) is 4.84. The molecule has 1 amide bonds. The summed E-state index contributed by atoms with van der Waals surface area (Å²) in [6.07, 6.45) is 0.361. The number of amides is 1. The number of carbonyl (C=O) groups excluding carboxylic acids is 1. The van der Waals surface area contributed by atoms with Crippen LogP contribution >= 0.6 is 0 Å². The molecule has 0 aliphatic carbocycles. The second-order valence-corrected chi connectivity index (χ2v) is 6.84. The third kappa shape index (κ3) is 3.20. The van der Waals surface area contributed by atoms with Gasteiger partial charge in [0.25, 0.3) is 5.89 Å². The standard InChI is InChI=1S/C21H18N4O2/c1-13-3-8-18(14(2)9-13)25-12-17(10-19(25)26)20-23-21(27-24-20)16-6-4-15(11-22)5-7-16/h3-9,17H,10,12H2,1-2H3. The van der Waals surface area contributed by atoms with Gasteiger partial charge in [-0.2, -0.15) is 10.2 Å². The topological polar surface area (TPSA) is 83.0 Å². The number of aromatic nitrogens is 2. The van der Waals surface area contributed by atoms with Crippen LogP contribution in [0.5, 0.6) is 0 Å². The van der Waals surface area contributed by atoms with E-state index in [1.807, 2.05) is 26.0 Å². The van der Waals surface area contributed by atoms with Gasteiger partial charge in [-0.3, -0.25) is 4.79 Å². The van der Waals surface area contributed by atoms with Crippen LogP contribution in [0.2, 0.25) is 0 Å². The highest BCUT2D eigenvalue weighted by Crippen LogP contribution is 2.33. The zero-order chi connectivity index (χ0) is 19.0. The van der Waals surface area contributed by atoms with E-state index in [-0.39, 0.29) is 11.8 Å². The molecule has 1 atom stereocenters. The summed E-state index contributed by atoms with van der Waals surface area (Å²) in [5.74, 6) is 0.896. The first-order chi connectivity index (χ1) is 13.0. The van der Waals surface area contributed by atoms with Gasteiger partial charge in [0.1, 0.15) is 0 Å². The Morgan fingerprint density at radius 2 is 1.96 bits per heavy atom. The van der Waals surface area contributed by atoms with Gasteiger partial charge in [0.2, 0.25) is 5.91 Å². The molecule has 4 rings (SSSR count). The summed E-state index contributed by atoms with van der Waals surface area (Å²) in [5.41, 5.74) is 4.51. The average molecular weight is 358 g/mol. The number of benzene rings is 2. The molecule has 134 valence electrons. The van der Waals surface area contributed by atoms with Gasteiger partial charge in [0, 0.05) is 30.1 Å². The van der Waals surface area contributed by atoms with Crippen LogP contribution in [-0.2, 0) is 4.79 Å². The van der Waals surface area contributed by atoms with E-state index in [1.165, 1.54) is 5.56 Å². The lowest BCUT2D eigenvalue weighted by Crippen LogP contribution is -2.25. The number of anilines is 1. The predicted molar refractivity (Wildman–Crippen MR) is 100 cm³/mol. The number of hydrogen-bond donors (Lipinski definition) is 0. The van der Waals surface area contributed by atoms with Crippen LogP contribution in [0.25, 0.3) is 11.5 Å². The molecule has 1 aliphatic rings. The Hall–Kier alpha value is -3.46. The Labute approximate surface area is 157 Å². The van der Waals surface area contributed by atoms with Crippen LogP contribution in [0.1, 0.15) is 34.9 Å². The van der Waals surface area contributed by atoms with E-state index >= 15 is 0 Å². The number of aryl methyl sites for hydroxylation is 2. The summed E-state index contributed by atoms with van der Waals surface area (Å²) < 4.78 is 5.38. The molecule has 1 fully saturated rings. The van der Waals surface area contributed by atoms with Gasteiger partial charge in [0.05, 0.1) is 11.6 Å². The Morgan fingerprint density at radius 1 is 1.19 bits per heavy atom. The maximum absolute atomic E-state index is 12.6. The third-order valence-corrected chi connectivity index (χ3v) is 4.84. The van der Waals surface area contributed by atoms with Gasteiger partial charge in [-0.1, -0.05) is 22.9 Å². The first-order valence-corrected chi connectivity index (χ1v) is 8.77. The second-order valence-electron chi connectivity index (χ2n) is 6.84. The van der Waals surface area contributed by atoms with Crippen LogP contribution in [0.15, 0.2) is 47.0 Å². The highest BCUT2D eigenvalue weighted by Gasteiger charge is 2.35. The van der Waals surface area contributed by atoms with Gasteiger partial charge in [-0.25, -0.2) is 0 Å². The SMILES string of the molecule is Cc1ccc(N2CC(c3noc(-c4ccc(C#N)cc4)n3)CC2=O)c(C)c1. The number of nitriles is 1. The highest BCUT2D eigenvalue weighted by molar-refractivity contribution is 5.97. The zero-order valence-electron chi connectivity index (χ0n) is 15.1. The summed E-state index contributed by atoms with van der Waals surface area (Å²) in [6, 6.07) is 15.1. The van der Waals surface area contributed by atoms with E-state index in [9.17, 15) is 4.79 Å². The molecule has 2 aromatic carbocycles. The molecule has 1 aromatic heterocycles. The van der Waals surface area contributed by atoms with Crippen LogP contribution in [0.3, 0.4) is 0 Å². The Morgan fingerprint density at radius 3 is 2.67 bits per heavy atom. The van der Waals surface area contributed by atoms with E-state index in [2.05, 4.69) is 22.3 Å². The molecular formula is C21H18N4O2. The number of hydrogen-bond acceptors (Lipinski definition) is 5. The first-order valence-electron chi connectivity index (χ1n) is 8.77. The van der Waals surface area contributed by atoms with Crippen LogP contribution in [-0.4, -0.2) is 22.6 Å². The number of nitrogens with zero attached hydrogens (tertiary/aromatic N) is 4. The van der Waals surface area contributed by atoms with Crippen molar-refractivity contribution in [3.05, 3.63) is 65.0 Å². The minimum absolute atomic E-state index is 0.0664. The summed E-state index contributed by atoms with van der Waals surface area (Å²) in [4.78, 5) is 18.8. The van der Waals surface area contributed by atoms with E-state index in [0.717, 1.165) is 16.8 Å². The van der Waals surface area contributed by atoms with Crippen molar-refractivity contribution in [1.82, 2.24) is 10.1 Å². The second kappa shape index (κ2) is 6.69. The van der Waals surface area contributed by atoms with Gasteiger partial charge in [-0.15, -0.1) is 0 Å². The van der Waals surface area contributed by atoms with E-state index in [0.29, 0.717) is 30.2 Å². The van der Waals surface area contributed by atoms with E-state index in [4.69, 9.17) is 9.78 Å². The molecule has 6 heteroatoms. The first kappa shape index (κ1) is 17.0. The van der Waals surface area contributed by atoms with E-state index < -0.39 is 0 Å². The van der Waals surface area contributed by atoms with Crippen molar-refractivity contribution in [2.24, 2.45) is 0 Å². The molecule has 6 nitrogen and oxygen atoms in total. The Balaban J connectivity index is 1.56. The molecule has 27 heavy (non-hydrogen) atoms. The average Bonchev–Trinajstić information content (AvgIpc) is 3.29. The highest BCUT2D eigenvalue weighted by atomic mass is 16.5. The lowest BCUT2D eigenvalue weighted by atomic mass is 10.1. The molecule has 0 spiro atoms. The number of rotatable bonds is 3. The zero-order valence-corrected chi connectivity index (χ0v) is 15.1.